The summed E-state index contributed by atoms with van der Waals surface area (Å²) in [5.41, 5.74) is 1.99. The lowest BCUT2D eigenvalue weighted by molar-refractivity contribution is -0.164. The predicted octanol–water partition coefficient (Wildman–Crippen LogP) is 3.28. The molecule has 4 fully saturated rings. The summed E-state index contributed by atoms with van der Waals surface area (Å²) in [5.74, 6) is 1.11. The molecule has 10 rings (SSSR count). The molecule has 10 heteroatoms. The zero-order valence-corrected chi connectivity index (χ0v) is 27.1. The molecule has 2 saturated heterocycles. The SMILES string of the molecule is C=CCN1CC[C@]23c4c5ccc(O)c4O[C@H]2/C(=N\N=C2/CC[C@@]4(O)[C@H]6Cc7ccc(O)c8c7[C@@]4(CCN6CC=C)[C@H]2O8)CC[C@@]3(O)[C@H]1C5. The second kappa shape index (κ2) is 9.50. The summed E-state index contributed by atoms with van der Waals surface area (Å²) in [7, 11) is 0. The van der Waals surface area contributed by atoms with Crippen molar-refractivity contribution < 1.29 is 29.9 Å². The van der Waals surface area contributed by atoms with Crippen LogP contribution in [0.3, 0.4) is 0 Å². The molecule has 48 heavy (non-hydrogen) atoms. The van der Waals surface area contributed by atoms with Gasteiger partial charge in [0.15, 0.2) is 35.2 Å². The van der Waals surface area contributed by atoms with Gasteiger partial charge in [0.25, 0.3) is 0 Å². The van der Waals surface area contributed by atoms with Crippen LogP contribution in [0.2, 0.25) is 0 Å². The number of nitrogens with zero attached hydrogens (tertiary/aromatic N) is 4. The largest absolute Gasteiger partial charge is 0.504 e. The van der Waals surface area contributed by atoms with E-state index in [9.17, 15) is 20.4 Å². The average Bonchev–Trinajstić information content (AvgIpc) is 3.61. The summed E-state index contributed by atoms with van der Waals surface area (Å²) < 4.78 is 13.3. The van der Waals surface area contributed by atoms with Gasteiger partial charge in [-0.05, 0) is 74.6 Å². The number of aliphatic hydroxyl groups is 2. The van der Waals surface area contributed by atoms with E-state index in [0.29, 0.717) is 76.0 Å². The lowest BCUT2D eigenvalue weighted by Crippen LogP contribution is -2.76. The van der Waals surface area contributed by atoms with Gasteiger partial charge in [0, 0.05) is 49.4 Å². The van der Waals surface area contributed by atoms with Crippen LogP contribution < -0.4 is 9.47 Å². The van der Waals surface area contributed by atoms with Crippen molar-refractivity contribution in [1.29, 1.82) is 0 Å². The van der Waals surface area contributed by atoms with Crippen molar-refractivity contribution in [1.82, 2.24) is 9.80 Å². The number of ether oxygens (including phenoxy) is 2. The summed E-state index contributed by atoms with van der Waals surface area (Å²) in [6.45, 7) is 10.9. The van der Waals surface area contributed by atoms with Gasteiger partial charge < -0.3 is 29.9 Å². The molecule has 250 valence electrons. The molecule has 2 spiro atoms. The lowest BCUT2D eigenvalue weighted by Gasteiger charge is -2.63. The Bertz CT molecular complexity index is 1740. The second-order valence-electron chi connectivity index (χ2n) is 15.4. The minimum atomic E-state index is -1.06. The smallest absolute Gasteiger partial charge is 0.166 e. The van der Waals surface area contributed by atoms with Gasteiger partial charge in [-0.25, -0.2) is 0 Å². The van der Waals surface area contributed by atoms with Gasteiger partial charge in [-0.2, -0.15) is 10.2 Å². The highest BCUT2D eigenvalue weighted by Gasteiger charge is 2.74. The van der Waals surface area contributed by atoms with Crippen LogP contribution in [0.1, 0.15) is 60.8 Å². The van der Waals surface area contributed by atoms with Crippen LogP contribution in [0.25, 0.3) is 0 Å². The van der Waals surface area contributed by atoms with Crippen molar-refractivity contribution in [3.05, 3.63) is 71.8 Å². The molecule has 0 radical (unpaired) electrons. The Balaban J connectivity index is 1.08. The number of benzene rings is 2. The summed E-state index contributed by atoms with van der Waals surface area (Å²) >= 11 is 0. The van der Waals surface area contributed by atoms with E-state index in [4.69, 9.17) is 19.7 Å². The standard InChI is InChI=1S/C38H42N4O6/c1-3-15-41-17-13-35-29-21-5-7-25(43)31(29)47-33(35)23(9-11-37(35,45)27(41)19-21)39-40-24-10-12-38(46)28-20-22-6-8-26(44)32-30(22)36(38,34(24)48-32)14-18-42(28)16-4-2/h3-8,27-28,33-34,43-46H,1-2,9-20H2/b39-23-,40-24+/t27-,28-,33+,34+,35+,36+,37-,38-/m1/s1. The van der Waals surface area contributed by atoms with Crippen LogP contribution in [0.5, 0.6) is 23.0 Å². The molecular formula is C38H42N4O6. The zero-order valence-electron chi connectivity index (χ0n) is 27.1. The van der Waals surface area contributed by atoms with Crippen LogP contribution in [0, 0.1) is 0 Å². The second-order valence-corrected chi connectivity index (χ2v) is 15.4. The number of piperidine rings is 2. The minimum absolute atomic E-state index is 0.0885. The van der Waals surface area contributed by atoms with Gasteiger partial charge in [-0.3, -0.25) is 9.80 Å². The maximum atomic E-state index is 12.7. The first-order chi connectivity index (χ1) is 23.2. The van der Waals surface area contributed by atoms with Gasteiger partial charge in [-0.1, -0.05) is 24.3 Å². The Morgan fingerprint density at radius 3 is 1.56 bits per heavy atom. The number of phenolic OH excluding ortho intramolecular Hbond substituents is 2. The fourth-order valence-electron chi connectivity index (χ4n) is 12.0. The number of rotatable bonds is 5. The topological polar surface area (TPSA) is 131 Å². The third-order valence-corrected chi connectivity index (χ3v) is 13.8. The summed E-state index contributed by atoms with van der Waals surface area (Å²) in [6, 6.07) is 7.18. The minimum Gasteiger partial charge on any atom is -0.504 e. The fraction of sp³-hybridized carbons (Fsp3) is 0.526. The molecule has 4 aliphatic heterocycles. The monoisotopic (exact) mass is 650 g/mol. The molecule has 10 nitrogen and oxygen atoms in total. The number of aromatic hydroxyl groups is 2. The molecule has 8 atom stereocenters. The Kier molecular flexibility index (Phi) is 5.79. The van der Waals surface area contributed by atoms with E-state index in [1.165, 1.54) is 0 Å². The molecule has 4 heterocycles. The van der Waals surface area contributed by atoms with Crippen molar-refractivity contribution in [3.8, 4) is 23.0 Å². The van der Waals surface area contributed by atoms with E-state index in [1.54, 1.807) is 12.1 Å². The van der Waals surface area contributed by atoms with Crippen molar-refractivity contribution in [2.45, 2.75) is 97.7 Å². The molecule has 0 unspecified atom stereocenters. The van der Waals surface area contributed by atoms with E-state index in [0.717, 1.165) is 46.8 Å². The Hall–Kier alpha value is -3.70. The third kappa shape index (κ3) is 3.15. The van der Waals surface area contributed by atoms with Crippen LogP contribution in [-0.4, -0.2) is 103 Å². The van der Waals surface area contributed by atoms with Crippen molar-refractivity contribution in [2.24, 2.45) is 10.2 Å². The van der Waals surface area contributed by atoms with E-state index in [2.05, 4.69) is 23.0 Å². The highest BCUT2D eigenvalue weighted by atomic mass is 16.5. The molecule has 2 aromatic rings. The van der Waals surface area contributed by atoms with Gasteiger partial charge in [0.05, 0.1) is 33.5 Å². The number of likely N-dealkylation sites (tertiary alicyclic amines) is 2. The summed E-state index contributed by atoms with van der Waals surface area (Å²) in [6.07, 6.45) is 7.42. The highest BCUT2D eigenvalue weighted by molar-refractivity contribution is 5.97. The van der Waals surface area contributed by atoms with Gasteiger partial charge >= 0.3 is 0 Å². The van der Waals surface area contributed by atoms with E-state index < -0.39 is 34.2 Å². The van der Waals surface area contributed by atoms with Crippen molar-refractivity contribution in [2.75, 3.05) is 26.2 Å². The van der Waals surface area contributed by atoms with Crippen LogP contribution in [0.4, 0.5) is 0 Å². The molecule has 2 aromatic carbocycles. The first-order valence-corrected chi connectivity index (χ1v) is 17.5. The van der Waals surface area contributed by atoms with Crippen molar-refractivity contribution >= 4 is 11.4 Å². The van der Waals surface area contributed by atoms with E-state index in [1.807, 2.05) is 24.3 Å². The Morgan fingerprint density at radius 1 is 0.708 bits per heavy atom. The first kappa shape index (κ1) is 29.2. The molecule has 8 aliphatic rings. The van der Waals surface area contributed by atoms with Crippen LogP contribution in [0.15, 0.2) is 59.8 Å². The molecule has 4 bridgehead atoms. The zero-order chi connectivity index (χ0) is 32.8. The lowest BCUT2D eigenvalue weighted by atomic mass is 9.48. The Morgan fingerprint density at radius 2 is 1.15 bits per heavy atom. The van der Waals surface area contributed by atoms with Gasteiger partial charge in [0.2, 0.25) is 0 Å². The Labute approximate surface area is 279 Å². The molecule has 4 N–H and O–H groups in total. The van der Waals surface area contributed by atoms with Gasteiger partial charge in [0.1, 0.15) is 0 Å². The third-order valence-electron chi connectivity index (χ3n) is 13.8. The van der Waals surface area contributed by atoms with E-state index >= 15 is 0 Å². The maximum Gasteiger partial charge on any atom is 0.166 e. The molecule has 0 aromatic heterocycles. The quantitative estimate of drug-likeness (QED) is 0.287. The number of phenols is 2. The normalized spacial score (nSPS) is 41.4. The fourth-order valence-corrected chi connectivity index (χ4v) is 12.0. The average molecular weight is 651 g/mol. The maximum absolute atomic E-state index is 12.7. The van der Waals surface area contributed by atoms with Crippen LogP contribution in [-0.2, 0) is 23.7 Å². The van der Waals surface area contributed by atoms with E-state index in [-0.39, 0.29) is 23.6 Å². The molecule has 2 saturated carbocycles. The molecular weight excluding hydrogens is 608 g/mol. The van der Waals surface area contributed by atoms with Crippen molar-refractivity contribution in [3.63, 3.8) is 0 Å². The van der Waals surface area contributed by atoms with Crippen LogP contribution >= 0.6 is 0 Å². The summed E-state index contributed by atoms with van der Waals surface area (Å²) in [4.78, 5) is 4.68. The number of hydrogen-bond donors (Lipinski definition) is 4. The molecule has 4 aliphatic carbocycles. The first-order valence-electron chi connectivity index (χ1n) is 17.5. The van der Waals surface area contributed by atoms with Gasteiger partial charge in [-0.15, -0.1) is 13.2 Å². The number of hydrogen-bond acceptors (Lipinski definition) is 10. The molecule has 0 amide bonds. The highest BCUT2D eigenvalue weighted by Crippen LogP contribution is 2.66. The predicted molar refractivity (Wildman–Crippen MR) is 179 cm³/mol. The summed E-state index contributed by atoms with van der Waals surface area (Å²) in [5, 5.41) is 57.4.